The van der Waals surface area contributed by atoms with Crippen molar-refractivity contribution in [2.24, 2.45) is 0 Å². The van der Waals surface area contributed by atoms with Crippen LogP contribution in [0.3, 0.4) is 0 Å². The molecule has 3 heteroatoms. The lowest BCUT2D eigenvalue weighted by atomic mass is 9.99. The minimum Gasteiger partial charge on any atom is -0.293 e. The van der Waals surface area contributed by atoms with Crippen LogP contribution in [0, 0.1) is 5.82 Å². The molecule has 0 bridgehead atoms. The summed E-state index contributed by atoms with van der Waals surface area (Å²) in [6.07, 6.45) is 0.713. The molecule has 1 atom stereocenters. The summed E-state index contributed by atoms with van der Waals surface area (Å²) < 4.78 is 13.6. The molecule has 0 spiro atoms. The molecule has 0 fully saturated rings. The van der Waals surface area contributed by atoms with E-state index >= 15 is 0 Å². The fraction of sp³-hybridized carbons (Fsp3) is 0.214. The standard InChI is InChI=1S/C14H12BrFO/c1-2-12(15)14(17)11-7-8-13(16)10-6-4-3-5-9(10)11/h3-8,12H,2H2,1H3. The molecule has 2 aromatic rings. The molecule has 0 radical (unpaired) electrons. The number of Topliss-reactive ketones (excluding diaryl/α,β-unsaturated/α-hetero) is 1. The van der Waals surface area contributed by atoms with Crippen LogP contribution in [0.2, 0.25) is 0 Å². The van der Waals surface area contributed by atoms with Gasteiger partial charge in [0.2, 0.25) is 0 Å². The van der Waals surface area contributed by atoms with Crippen LogP contribution in [0.5, 0.6) is 0 Å². The molecule has 1 nitrogen and oxygen atoms in total. The molecule has 0 saturated carbocycles. The van der Waals surface area contributed by atoms with E-state index in [1.54, 1.807) is 24.3 Å². The second-order valence-electron chi connectivity index (χ2n) is 3.88. The van der Waals surface area contributed by atoms with Crippen LogP contribution in [0.1, 0.15) is 23.7 Å². The van der Waals surface area contributed by atoms with Gasteiger partial charge in [-0.15, -0.1) is 0 Å². The Balaban J connectivity index is 2.63. The molecule has 0 aliphatic carbocycles. The van der Waals surface area contributed by atoms with E-state index in [-0.39, 0.29) is 16.4 Å². The number of carbonyl (C=O) groups excluding carboxylic acids is 1. The van der Waals surface area contributed by atoms with Gasteiger partial charge in [-0.1, -0.05) is 47.1 Å². The van der Waals surface area contributed by atoms with Crippen LogP contribution >= 0.6 is 15.9 Å². The molecular formula is C14H12BrFO. The van der Waals surface area contributed by atoms with Gasteiger partial charge in [0.1, 0.15) is 5.82 Å². The quantitative estimate of drug-likeness (QED) is 0.608. The molecule has 2 aromatic carbocycles. The highest BCUT2D eigenvalue weighted by atomic mass is 79.9. The summed E-state index contributed by atoms with van der Waals surface area (Å²) in [6.45, 7) is 1.93. The highest BCUT2D eigenvalue weighted by Crippen LogP contribution is 2.24. The fourth-order valence-electron chi connectivity index (χ4n) is 1.83. The number of hydrogen-bond donors (Lipinski definition) is 0. The van der Waals surface area contributed by atoms with E-state index in [2.05, 4.69) is 15.9 Å². The molecule has 0 N–H and O–H groups in total. The number of ketones is 1. The molecular weight excluding hydrogens is 283 g/mol. The first-order valence-corrected chi connectivity index (χ1v) is 6.42. The van der Waals surface area contributed by atoms with E-state index in [1.807, 2.05) is 13.0 Å². The van der Waals surface area contributed by atoms with Crippen molar-refractivity contribution < 1.29 is 9.18 Å². The number of halogens is 2. The van der Waals surface area contributed by atoms with Gasteiger partial charge < -0.3 is 0 Å². The summed E-state index contributed by atoms with van der Waals surface area (Å²) in [7, 11) is 0. The number of carbonyl (C=O) groups is 1. The van der Waals surface area contributed by atoms with Crippen molar-refractivity contribution >= 4 is 32.5 Å². The largest absolute Gasteiger partial charge is 0.293 e. The first-order valence-electron chi connectivity index (χ1n) is 5.50. The molecule has 2 rings (SSSR count). The van der Waals surface area contributed by atoms with Gasteiger partial charge in [-0.05, 0) is 23.9 Å². The predicted octanol–water partition coefficient (Wildman–Crippen LogP) is 4.34. The van der Waals surface area contributed by atoms with E-state index in [0.29, 0.717) is 22.8 Å². The van der Waals surface area contributed by atoms with Crippen molar-refractivity contribution in [3.05, 3.63) is 47.8 Å². The van der Waals surface area contributed by atoms with Crippen LogP contribution in [-0.4, -0.2) is 10.6 Å². The average molecular weight is 295 g/mol. The van der Waals surface area contributed by atoms with Gasteiger partial charge in [-0.25, -0.2) is 4.39 Å². The summed E-state index contributed by atoms with van der Waals surface area (Å²) in [5.74, 6) is -0.288. The summed E-state index contributed by atoms with van der Waals surface area (Å²) in [6, 6.07) is 9.96. The SMILES string of the molecule is CCC(Br)C(=O)c1ccc(F)c2ccccc12. The summed E-state index contributed by atoms with van der Waals surface area (Å²) in [5.41, 5.74) is 0.575. The number of rotatable bonds is 3. The minimum absolute atomic E-state index is 0.00343. The number of benzene rings is 2. The van der Waals surface area contributed by atoms with Crippen LogP contribution in [0.15, 0.2) is 36.4 Å². The highest BCUT2D eigenvalue weighted by Gasteiger charge is 2.18. The predicted molar refractivity (Wildman–Crippen MR) is 71.2 cm³/mol. The fourth-order valence-corrected chi connectivity index (χ4v) is 2.08. The van der Waals surface area contributed by atoms with Crippen LogP contribution in [0.25, 0.3) is 10.8 Å². The van der Waals surface area contributed by atoms with Crippen molar-refractivity contribution in [1.29, 1.82) is 0 Å². The molecule has 1 unspecified atom stereocenters. The molecule has 0 aromatic heterocycles. The summed E-state index contributed by atoms with van der Waals surface area (Å²) in [5, 5.41) is 1.17. The molecule has 0 amide bonds. The van der Waals surface area contributed by atoms with Crippen LogP contribution in [-0.2, 0) is 0 Å². The van der Waals surface area contributed by atoms with E-state index in [0.717, 1.165) is 0 Å². The van der Waals surface area contributed by atoms with E-state index in [1.165, 1.54) is 6.07 Å². The van der Waals surface area contributed by atoms with E-state index in [9.17, 15) is 9.18 Å². The zero-order chi connectivity index (χ0) is 12.4. The van der Waals surface area contributed by atoms with Crippen molar-refractivity contribution in [3.63, 3.8) is 0 Å². The first kappa shape index (κ1) is 12.2. The van der Waals surface area contributed by atoms with Crippen molar-refractivity contribution in [2.45, 2.75) is 18.2 Å². The molecule has 0 heterocycles. The van der Waals surface area contributed by atoms with Crippen molar-refractivity contribution in [3.8, 4) is 0 Å². The van der Waals surface area contributed by atoms with E-state index in [4.69, 9.17) is 0 Å². The van der Waals surface area contributed by atoms with E-state index < -0.39 is 0 Å². The minimum atomic E-state index is -0.292. The summed E-state index contributed by atoms with van der Waals surface area (Å²) >= 11 is 3.34. The zero-order valence-corrected chi connectivity index (χ0v) is 11.0. The van der Waals surface area contributed by atoms with Gasteiger partial charge in [-0.3, -0.25) is 4.79 Å². The monoisotopic (exact) mass is 294 g/mol. The molecule has 0 saturated heterocycles. The molecule has 17 heavy (non-hydrogen) atoms. The first-order chi connectivity index (χ1) is 8.15. The number of fused-ring (bicyclic) bond motifs is 1. The topological polar surface area (TPSA) is 17.1 Å². The zero-order valence-electron chi connectivity index (χ0n) is 9.41. The Bertz CT molecular complexity index is 565. The lowest BCUT2D eigenvalue weighted by Crippen LogP contribution is -2.13. The van der Waals surface area contributed by atoms with Gasteiger partial charge in [0.15, 0.2) is 5.78 Å². The van der Waals surface area contributed by atoms with Gasteiger partial charge >= 0.3 is 0 Å². The second kappa shape index (κ2) is 4.96. The van der Waals surface area contributed by atoms with Gasteiger partial charge in [-0.2, -0.15) is 0 Å². The third-order valence-electron chi connectivity index (χ3n) is 2.78. The molecule has 0 aliphatic rings. The maximum atomic E-state index is 13.6. The number of alkyl halides is 1. The van der Waals surface area contributed by atoms with Gasteiger partial charge in [0.05, 0.1) is 4.83 Å². The molecule has 88 valence electrons. The maximum absolute atomic E-state index is 13.6. The van der Waals surface area contributed by atoms with Gasteiger partial charge in [0.25, 0.3) is 0 Å². The third kappa shape index (κ3) is 2.25. The van der Waals surface area contributed by atoms with Crippen molar-refractivity contribution in [1.82, 2.24) is 0 Å². The van der Waals surface area contributed by atoms with Crippen LogP contribution < -0.4 is 0 Å². The van der Waals surface area contributed by atoms with Gasteiger partial charge in [0, 0.05) is 10.9 Å². The molecule has 0 aliphatic heterocycles. The maximum Gasteiger partial charge on any atom is 0.177 e. The Morgan fingerprint density at radius 1 is 1.24 bits per heavy atom. The van der Waals surface area contributed by atoms with Crippen LogP contribution in [0.4, 0.5) is 4.39 Å². The normalized spacial score (nSPS) is 12.6. The Hall–Kier alpha value is -1.22. The Kier molecular flexibility index (Phi) is 3.57. The average Bonchev–Trinajstić information content (AvgIpc) is 2.38. The lowest BCUT2D eigenvalue weighted by Gasteiger charge is -2.09. The van der Waals surface area contributed by atoms with Crippen molar-refractivity contribution in [2.75, 3.05) is 0 Å². The highest BCUT2D eigenvalue weighted by molar-refractivity contribution is 9.10. The smallest absolute Gasteiger partial charge is 0.177 e. The Labute approximate surface area is 108 Å². The lowest BCUT2D eigenvalue weighted by molar-refractivity contribution is 0.0992. The Morgan fingerprint density at radius 2 is 1.88 bits per heavy atom. The second-order valence-corrected chi connectivity index (χ2v) is 4.99. The third-order valence-corrected chi connectivity index (χ3v) is 3.84. The number of hydrogen-bond acceptors (Lipinski definition) is 1. The Morgan fingerprint density at radius 3 is 2.53 bits per heavy atom. The summed E-state index contributed by atoms with van der Waals surface area (Å²) in [4.78, 5) is 11.9.